The molecule has 0 aromatic heterocycles. The fraction of sp³-hybridized carbons (Fsp3) is 0.125. The summed E-state index contributed by atoms with van der Waals surface area (Å²) < 4.78 is 5.53. The normalized spacial score (nSPS) is 11.3. The molecule has 106 valence electrons. The van der Waals surface area contributed by atoms with Gasteiger partial charge in [-0.15, -0.1) is 0 Å². The van der Waals surface area contributed by atoms with Crippen LogP contribution in [-0.2, 0) is 4.79 Å². The van der Waals surface area contributed by atoms with Gasteiger partial charge in [-0.1, -0.05) is 29.8 Å². The molecule has 21 heavy (non-hydrogen) atoms. The summed E-state index contributed by atoms with van der Waals surface area (Å²) in [5, 5.41) is 12.0. The third kappa shape index (κ3) is 3.98. The number of carbonyl (C=O) groups is 1. The second-order valence-electron chi connectivity index (χ2n) is 4.37. The lowest BCUT2D eigenvalue weighted by Crippen LogP contribution is -2.30. The molecule has 0 aliphatic carbocycles. The van der Waals surface area contributed by atoms with Crippen LogP contribution >= 0.6 is 11.6 Å². The lowest BCUT2D eigenvalue weighted by Gasteiger charge is -2.15. The van der Waals surface area contributed by atoms with Crippen LogP contribution in [0.25, 0.3) is 0 Å². The summed E-state index contributed by atoms with van der Waals surface area (Å²) in [5.41, 5.74) is 1.03. The molecule has 1 N–H and O–H groups in total. The van der Waals surface area contributed by atoms with E-state index in [9.17, 15) is 4.79 Å². The molecule has 0 fully saturated rings. The van der Waals surface area contributed by atoms with Crippen molar-refractivity contribution in [3.63, 3.8) is 0 Å². The quantitative estimate of drug-likeness (QED) is 0.938. The second-order valence-corrected chi connectivity index (χ2v) is 4.78. The number of halogens is 1. The van der Waals surface area contributed by atoms with E-state index < -0.39 is 6.10 Å². The van der Waals surface area contributed by atoms with Crippen molar-refractivity contribution in [1.29, 1.82) is 5.26 Å². The molecule has 1 amide bonds. The fourth-order valence-corrected chi connectivity index (χ4v) is 1.87. The Morgan fingerprint density at radius 3 is 2.76 bits per heavy atom. The Hall–Kier alpha value is -2.51. The molecule has 0 unspecified atom stereocenters. The highest BCUT2D eigenvalue weighted by atomic mass is 35.5. The lowest BCUT2D eigenvalue weighted by molar-refractivity contribution is -0.122. The van der Waals surface area contributed by atoms with E-state index in [-0.39, 0.29) is 5.91 Å². The molecule has 2 aromatic carbocycles. The highest BCUT2D eigenvalue weighted by molar-refractivity contribution is 6.32. The Labute approximate surface area is 127 Å². The van der Waals surface area contributed by atoms with Gasteiger partial charge in [0.05, 0.1) is 16.7 Å². The van der Waals surface area contributed by atoms with Crippen LogP contribution in [-0.4, -0.2) is 12.0 Å². The van der Waals surface area contributed by atoms with Gasteiger partial charge in [-0.05, 0) is 37.3 Å². The molecule has 5 heteroatoms. The predicted molar refractivity (Wildman–Crippen MR) is 81.3 cm³/mol. The molecule has 0 aliphatic heterocycles. The molecule has 4 nitrogen and oxygen atoms in total. The van der Waals surface area contributed by atoms with Crippen molar-refractivity contribution in [2.75, 3.05) is 5.32 Å². The third-order valence-corrected chi connectivity index (χ3v) is 3.08. The molecule has 0 heterocycles. The number of nitriles is 1. The highest BCUT2D eigenvalue weighted by Gasteiger charge is 2.16. The maximum Gasteiger partial charge on any atom is 0.265 e. The Morgan fingerprint density at radius 1 is 1.29 bits per heavy atom. The van der Waals surface area contributed by atoms with Crippen LogP contribution < -0.4 is 10.1 Å². The number of hydrogen-bond acceptors (Lipinski definition) is 3. The summed E-state index contributed by atoms with van der Waals surface area (Å²) >= 11 is 5.98. The first-order valence-electron chi connectivity index (χ1n) is 6.32. The van der Waals surface area contributed by atoms with Crippen molar-refractivity contribution in [2.24, 2.45) is 0 Å². The Balaban J connectivity index is 2.03. The van der Waals surface area contributed by atoms with Gasteiger partial charge in [0, 0.05) is 5.69 Å². The Kier molecular flexibility index (Phi) is 4.81. The van der Waals surface area contributed by atoms with Gasteiger partial charge < -0.3 is 10.1 Å². The van der Waals surface area contributed by atoms with E-state index in [0.717, 1.165) is 0 Å². The zero-order chi connectivity index (χ0) is 15.2. The highest BCUT2D eigenvalue weighted by Crippen LogP contribution is 2.24. The number of para-hydroxylation sites is 1. The number of amides is 1. The first-order valence-corrected chi connectivity index (χ1v) is 6.70. The van der Waals surface area contributed by atoms with Crippen LogP contribution in [0.2, 0.25) is 5.02 Å². The van der Waals surface area contributed by atoms with Gasteiger partial charge in [-0.2, -0.15) is 5.26 Å². The summed E-state index contributed by atoms with van der Waals surface area (Å²) in [5.74, 6) is 0.137. The molecule has 0 saturated carbocycles. The summed E-state index contributed by atoms with van der Waals surface area (Å²) in [6.07, 6.45) is -0.712. The smallest absolute Gasteiger partial charge is 0.265 e. The van der Waals surface area contributed by atoms with E-state index in [1.807, 2.05) is 6.07 Å². The molecule has 0 radical (unpaired) electrons. The summed E-state index contributed by atoms with van der Waals surface area (Å²) in [7, 11) is 0. The minimum atomic E-state index is -0.712. The van der Waals surface area contributed by atoms with Crippen molar-refractivity contribution in [2.45, 2.75) is 13.0 Å². The largest absolute Gasteiger partial charge is 0.479 e. The standard InChI is InChI=1S/C16H13ClN2O2/c1-11(21-15-8-3-2-7-14(15)17)16(20)19-13-6-4-5-12(9-13)10-18/h2-9,11H,1H3,(H,19,20)/t11-/m1/s1. The van der Waals surface area contributed by atoms with Crippen LogP contribution in [0.3, 0.4) is 0 Å². The molecule has 2 aromatic rings. The zero-order valence-corrected chi connectivity index (χ0v) is 12.1. The Morgan fingerprint density at radius 2 is 2.05 bits per heavy atom. The van der Waals surface area contributed by atoms with Crippen LogP contribution in [0.5, 0.6) is 5.75 Å². The van der Waals surface area contributed by atoms with E-state index in [4.69, 9.17) is 21.6 Å². The molecular weight excluding hydrogens is 288 g/mol. The van der Waals surface area contributed by atoms with Crippen molar-refractivity contribution in [3.05, 3.63) is 59.1 Å². The number of hydrogen-bond donors (Lipinski definition) is 1. The molecule has 0 saturated heterocycles. The number of benzene rings is 2. The molecular formula is C16H13ClN2O2. The van der Waals surface area contributed by atoms with Gasteiger partial charge in [-0.25, -0.2) is 0 Å². The number of rotatable bonds is 4. The second kappa shape index (κ2) is 6.78. The van der Waals surface area contributed by atoms with E-state index in [1.54, 1.807) is 55.5 Å². The van der Waals surface area contributed by atoms with E-state index in [1.165, 1.54) is 0 Å². The first-order chi connectivity index (χ1) is 10.1. The minimum Gasteiger partial charge on any atom is -0.479 e. The molecule has 0 spiro atoms. The van der Waals surface area contributed by atoms with Crippen LogP contribution in [0, 0.1) is 11.3 Å². The van der Waals surface area contributed by atoms with Crippen molar-refractivity contribution in [1.82, 2.24) is 0 Å². The average molecular weight is 301 g/mol. The molecule has 2 rings (SSSR count). The van der Waals surface area contributed by atoms with E-state index in [0.29, 0.717) is 22.0 Å². The number of carbonyl (C=O) groups excluding carboxylic acids is 1. The summed E-state index contributed by atoms with van der Waals surface area (Å²) in [4.78, 5) is 12.1. The van der Waals surface area contributed by atoms with E-state index in [2.05, 4.69) is 5.32 Å². The number of anilines is 1. The number of ether oxygens (including phenoxy) is 1. The van der Waals surface area contributed by atoms with Crippen molar-refractivity contribution >= 4 is 23.2 Å². The number of nitrogens with zero attached hydrogens (tertiary/aromatic N) is 1. The van der Waals surface area contributed by atoms with Gasteiger partial charge in [0.1, 0.15) is 5.75 Å². The topological polar surface area (TPSA) is 62.1 Å². The SMILES string of the molecule is C[C@@H](Oc1ccccc1Cl)C(=O)Nc1cccc(C#N)c1. The minimum absolute atomic E-state index is 0.315. The Bertz CT molecular complexity index is 695. The monoisotopic (exact) mass is 300 g/mol. The summed E-state index contributed by atoms with van der Waals surface area (Å²) in [6.45, 7) is 1.63. The van der Waals surface area contributed by atoms with Crippen LogP contribution in [0.15, 0.2) is 48.5 Å². The zero-order valence-electron chi connectivity index (χ0n) is 11.3. The molecule has 0 aliphatic rings. The van der Waals surface area contributed by atoms with Gasteiger partial charge in [0.2, 0.25) is 0 Å². The maximum atomic E-state index is 12.1. The molecule has 0 bridgehead atoms. The van der Waals surface area contributed by atoms with E-state index >= 15 is 0 Å². The average Bonchev–Trinajstić information content (AvgIpc) is 2.49. The first kappa shape index (κ1) is 14.9. The van der Waals surface area contributed by atoms with Crippen molar-refractivity contribution < 1.29 is 9.53 Å². The van der Waals surface area contributed by atoms with Crippen LogP contribution in [0.1, 0.15) is 12.5 Å². The number of nitrogens with one attached hydrogen (secondary N) is 1. The third-order valence-electron chi connectivity index (χ3n) is 2.77. The van der Waals surface area contributed by atoms with Crippen LogP contribution in [0.4, 0.5) is 5.69 Å². The maximum absolute atomic E-state index is 12.1. The summed E-state index contributed by atoms with van der Waals surface area (Å²) in [6, 6.07) is 15.6. The lowest BCUT2D eigenvalue weighted by atomic mass is 10.2. The van der Waals surface area contributed by atoms with Gasteiger partial charge in [0.15, 0.2) is 6.10 Å². The predicted octanol–water partition coefficient (Wildman–Crippen LogP) is 3.62. The van der Waals surface area contributed by atoms with Gasteiger partial charge in [-0.3, -0.25) is 4.79 Å². The van der Waals surface area contributed by atoms with Gasteiger partial charge >= 0.3 is 0 Å². The van der Waals surface area contributed by atoms with Gasteiger partial charge in [0.25, 0.3) is 5.91 Å². The molecule has 1 atom stereocenters. The fourth-order valence-electron chi connectivity index (χ4n) is 1.69. The van der Waals surface area contributed by atoms with Crippen molar-refractivity contribution in [3.8, 4) is 11.8 Å².